The first-order valence-electron chi connectivity index (χ1n) is 8.52. The van der Waals surface area contributed by atoms with E-state index in [1.807, 2.05) is 49.4 Å². The minimum atomic E-state index is -0.122. The number of anilines is 1. The van der Waals surface area contributed by atoms with Crippen LogP contribution in [0.4, 0.5) is 5.69 Å². The lowest BCUT2D eigenvalue weighted by molar-refractivity contribution is -0.114. The van der Waals surface area contributed by atoms with Crippen LogP contribution in [0.15, 0.2) is 42.5 Å². The molecule has 1 N–H and O–H groups in total. The summed E-state index contributed by atoms with van der Waals surface area (Å²) >= 11 is 0. The van der Waals surface area contributed by atoms with E-state index in [9.17, 15) is 4.79 Å². The molecule has 3 aromatic rings. The molecule has 1 amide bonds. The molecular weight excluding hydrogens is 348 g/mol. The summed E-state index contributed by atoms with van der Waals surface area (Å²) in [5, 5.41) is 7.20. The molecule has 0 saturated carbocycles. The number of carbonyl (C=O) groups is 1. The Labute approximate surface area is 155 Å². The molecule has 0 atom stereocenters. The van der Waals surface area contributed by atoms with Crippen molar-refractivity contribution in [3.05, 3.63) is 42.5 Å². The molecule has 8 heteroatoms. The summed E-state index contributed by atoms with van der Waals surface area (Å²) in [5.41, 5.74) is 2.32. The van der Waals surface area contributed by atoms with E-state index in [1.54, 1.807) is 4.68 Å². The molecule has 1 aliphatic rings. The summed E-state index contributed by atoms with van der Waals surface area (Å²) in [5.74, 6) is 1.86. The van der Waals surface area contributed by atoms with E-state index in [2.05, 4.69) is 15.4 Å². The average Bonchev–Trinajstić information content (AvgIpc) is 3.28. The summed E-state index contributed by atoms with van der Waals surface area (Å²) in [4.78, 5) is 15.7. The number of nitrogens with one attached hydrogen (secondary N) is 1. The Morgan fingerprint density at radius 3 is 2.70 bits per heavy atom. The number of aromatic nitrogens is 3. The van der Waals surface area contributed by atoms with Gasteiger partial charge in [-0.25, -0.2) is 4.68 Å². The zero-order chi connectivity index (χ0) is 18.8. The zero-order valence-electron chi connectivity index (χ0n) is 14.9. The Hall–Kier alpha value is -3.55. The van der Waals surface area contributed by atoms with Crippen LogP contribution in [0.25, 0.3) is 17.1 Å². The highest BCUT2D eigenvalue weighted by Crippen LogP contribution is 2.36. The molecule has 0 spiro atoms. The summed E-state index contributed by atoms with van der Waals surface area (Å²) in [7, 11) is 0. The van der Waals surface area contributed by atoms with Crippen LogP contribution in [0.2, 0.25) is 0 Å². The van der Waals surface area contributed by atoms with Crippen LogP contribution < -0.4 is 19.5 Å². The number of amides is 1. The van der Waals surface area contributed by atoms with Gasteiger partial charge in [0.15, 0.2) is 17.3 Å². The Morgan fingerprint density at radius 1 is 1.19 bits per heavy atom. The summed E-state index contributed by atoms with van der Waals surface area (Å²) < 4.78 is 18.0. The highest BCUT2D eigenvalue weighted by Gasteiger charge is 2.19. The first kappa shape index (κ1) is 16.9. The van der Waals surface area contributed by atoms with Gasteiger partial charge in [0, 0.05) is 18.2 Å². The summed E-state index contributed by atoms with van der Waals surface area (Å²) in [6, 6.07) is 13.2. The highest BCUT2D eigenvalue weighted by atomic mass is 16.7. The lowest BCUT2D eigenvalue weighted by Crippen LogP contribution is -2.06. The van der Waals surface area contributed by atoms with Crippen molar-refractivity contribution in [1.82, 2.24) is 14.8 Å². The van der Waals surface area contributed by atoms with Gasteiger partial charge in [0.25, 0.3) is 0 Å². The molecule has 0 aliphatic carbocycles. The molecule has 0 unspecified atom stereocenters. The first-order chi connectivity index (χ1) is 13.1. The van der Waals surface area contributed by atoms with Crippen molar-refractivity contribution in [2.24, 2.45) is 0 Å². The van der Waals surface area contributed by atoms with Gasteiger partial charge in [0.05, 0.1) is 12.3 Å². The van der Waals surface area contributed by atoms with Crippen LogP contribution in [-0.4, -0.2) is 34.1 Å². The van der Waals surface area contributed by atoms with Crippen molar-refractivity contribution in [3.8, 4) is 34.6 Å². The lowest BCUT2D eigenvalue weighted by Gasteiger charge is -2.08. The standard InChI is InChI=1S/C19H18N4O4/c1-3-25-19-21-18(13-4-9-16-17(10-13)27-11-26-16)23(22-19)15-7-5-14(6-8-15)20-12(2)24/h4-10H,3,11H2,1-2H3,(H,20,24). The van der Waals surface area contributed by atoms with E-state index in [4.69, 9.17) is 14.2 Å². The molecule has 138 valence electrons. The second-order valence-electron chi connectivity index (χ2n) is 5.86. The molecule has 2 aromatic carbocycles. The minimum absolute atomic E-state index is 0.122. The third kappa shape index (κ3) is 3.41. The molecule has 0 radical (unpaired) electrons. The second kappa shape index (κ2) is 6.99. The average molecular weight is 366 g/mol. The van der Waals surface area contributed by atoms with Gasteiger partial charge in [0.2, 0.25) is 12.7 Å². The molecule has 0 bridgehead atoms. The van der Waals surface area contributed by atoms with Gasteiger partial charge in [-0.15, -0.1) is 5.10 Å². The van der Waals surface area contributed by atoms with Crippen LogP contribution in [0.5, 0.6) is 17.5 Å². The maximum absolute atomic E-state index is 11.2. The molecule has 1 aliphatic heterocycles. The van der Waals surface area contributed by atoms with E-state index in [1.165, 1.54) is 6.92 Å². The number of benzene rings is 2. The van der Waals surface area contributed by atoms with E-state index in [0.29, 0.717) is 29.6 Å². The van der Waals surface area contributed by atoms with Crippen molar-refractivity contribution < 1.29 is 19.0 Å². The minimum Gasteiger partial charge on any atom is -0.463 e. The Kier molecular flexibility index (Phi) is 4.37. The Balaban J connectivity index is 1.74. The monoisotopic (exact) mass is 366 g/mol. The fourth-order valence-electron chi connectivity index (χ4n) is 2.78. The topological polar surface area (TPSA) is 87.5 Å². The maximum atomic E-state index is 11.2. The number of hydrogen-bond donors (Lipinski definition) is 1. The lowest BCUT2D eigenvalue weighted by atomic mass is 10.2. The van der Waals surface area contributed by atoms with Gasteiger partial charge in [-0.1, -0.05) is 0 Å². The zero-order valence-corrected chi connectivity index (χ0v) is 14.9. The van der Waals surface area contributed by atoms with Gasteiger partial charge in [-0.2, -0.15) is 4.98 Å². The predicted molar refractivity (Wildman–Crippen MR) is 98.4 cm³/mol. The largest absolute Gasteiger partial charge is 0.463 e. The van der Waals surface area contributed by atoms with Crippen molar-refractivity contribution in [1.29, 1.82) is 0 Å². The number of ether oxygens (including phenoxy) is 3. The Bertz CT molecular complexity index is 982. The third-order valence-electron chi connectivity index (χ3n) is 3.92. The van der Waals surface area contributed by atoms with Crippen LogP contribution in [0.1, 0.15) is 13.8 Å². The number of carbonyl (C=O) groups excluding carboxylic acids is 1. The van der Waals surface area contributed by atoms with Crippen LogP contribution in [0, 0.1) is 0 Å². The van der Waals surface area contributed by atoms with E-state index in [0.717, 1.165) is 11.3 Å². The molecule has 0 saturated heterocycles. The van der Waals surface area contributed by atoms with Crippen LogP contribution in [0.3, 0.4) is 0 Å². The highest BCUT2D eigenvalue weighted by molar-refractivity contribution is 5.88. The van der Waals surface area contributed by atoms with Gasteiger partial charge in [-0.3, -0.25) is 4.79 Å². The third-order valence-corrected chi connectivity index (χ3v) is 3.92. The van der Waals surface area contributed by atoms with Crippen molar-refractivity contribution in [3.63, 3.8) is 0 Å². The SMILES string of the molecule is CCOc1nc(-c2ccc3c(c2)OCO3)n(-c2ccc(NC(C)=O)cc2)n1. The van der Waals surface area contributed by atoms with Crippen LogP contribution in [-0.2, 0) is 4.79 Å². The summed E-state index contributed by atoms with van der Waals surface area (Å²) in [6.07, 6.45) is 0. The number of rotatable bonds is 5. The van der Waals surface area contributed by atoms with E-state index >= 15 is 0 Å². The molecule has 0 fully saturated rings. The number of nitrogens with zero attached hydrogens (tertiary/aromatic N) is 3. The van der Waals surface area contributed by atoms with Crippen molar-refractivity contribution in [2.45, 2.75) is 13.8 Å². The molecule has 4 rings (SSSR count). The molecule has 2 heterocycles. The predicted octanol–water partition coefficient (Wildman–Crippen LogP) is 3.02. The number of fused-ring (bicyclic) bond motifs is 1. The van der Waals surface area contributed by atoms with E-state index < -0.39 is 0 Å². The fourth-order valence-corrected chi connectivity index (χ4v) is 2.78. The first-order valence-corrected chi connectivity index (χ1v) is 8.52. The van der Waals surface area contributed by atoms with Crippen molar-refractivity contribution >= 4 is 11.6 Å². The normalized spacial score (nSPS) is 12.1. The summed E-state index contributed by atoms with van der Waals surface area (Å²) in [6.45, 7) is 4.02. The molecule has 27 heavy (non-hydrogen) atoms. The van der Waals surface area contributed by atoms with Crippen LogP contribution >= 0.6 is 0 Å². The number of hydrogen-bond acceptors (Lipinski definition) is 6. The van der Waals surface area contributed by atoms with Gasteiger partial charge < -0.3 is 19.5 Å². The molecule has 8 nitrogen and oxygen atoms in total. The van der Waals surface area contributed by atoms with Gasteiger partial charge in [0.1, 0.15) is 0 Å². The smallest absolute Gasteiger partial charge is 0.336 e. The van der Waals surface area contributed by atoms with Gasteiger partial charge >= 0.3 is 6.01 Å². The maximum Gasteiger partial charge on any atom is 0.336 e. The van der Waals surface area contributed by atoms with Crippen molar-refractivity contribution in [2.75, 3.05) is 18.7 Å². The fraction of sp³-hybridized carbons (Fsp3) is 0.211. The quantitative estimate of drug-likeness (QED) is 0.747. The Morgan fingerprint density at radius 2 is 1.96 bits per heavy atom. The van der Waals surface area contributed by atoms with E-state index in [-0.39, 0.29) is 18.7 Å². The second-order valence-corrected chi connectivity index (χ2v) is 5.86. The van der Waals surface area contributed by atoms with Gasteiger partial charge in [-0.05, 0) is 49.4 Å². The molecular formula is C19H18N4O4. The molecule has 1 aromatic heterocycles.